The number of hydrogen-bond acceptors (Lipinski definition) is 3. The maximum Gasteiger partial charge on any atom is 0.119 e. The van der Waals surface area contributed by atoms with Crippen molar-refractivity contribution in [3.8, 4) is 5.75 Å². The molecule has 2 nitrogen and oxygen atoms in total. The Hall–Kier alpha value is -1.32. The van der Waals surface area contributed by atoms with Crippen LogP contribution < -0.4 is 10.1 Å². The van der Waals surface area contributed by atoms with E-state index in [4.69, 9.17) is 4.74 Å². The molecular weight excluding hydrogens is 278 g/mol. The van der Waals surface area contributed by atoms with Crippen LogP contribution in [0.4, 0.5) is 0 Å². The first-order chi connectivity index (χ1) is 10.3. The van der Waals surface area contributed by atoms with Crippen LogP contribution in [0, 0.1) is 0 Å². The molecule has 0 spiro atoms. The highest BCUT2D eigenvalue weighted by molar-refractivity contribution is 7.07. The fourth-order valence-corrected chi connectivity index (χ4v) is 2.87. The first-order valence-corrected chi connectivity index (χ1v) is 8.68. The van der Waals surface area contributed by atoms with Crippen molar-refractivity contribution >= 4 is 11.3 Å². The van der Waals surface area contributed by atoms with Crippen molar-refractivity contribution < 1.29 is 4.74 Å². The second-order valence-corrected chi connectivity index (χ2v) is 6.14. The molecule has 0 bridgehead atoms. The second-order valence-electron chi connectivity index (χ2n) is 5.36. The van der Waals surface area contributed by atoms with E-state index in [9.17, 15) is 0 Å². The van der Waals surface area contributed by atoms with Crippen molar-refractivity contribution in [2.75, 3.05) is 19.7 Å². The van der Waals surface area contributed by atoms with Crippen LogP contribution in [0.5, 0.6) is 5.75 Å². The molecule has 0 radical (unpaired) electrons. The number of thiophene rings is 1. The smallest absolute Gasteiger partial charge is 0.119 e. The van der Waals surface area contributed by atoms with E-state index in [2.05, 4.69) is 60.3 Å². The Morgan fingerprint density at radius 1 is 1.14 bits per heavy atom. The van der Waals surface area contributed by atoms with Crippen LogP contribution >= 0.6 is 11.3 Å². The van der Waals surface area contributed by atoms with Crippen LogP contribution in [0.1, 0.15) is 37.3 Å². The van der Waals surface area contributed by atoms with Crippen LogP contribution in [-0.2, 0) is 6.42 Å². The number of benzene rings is 1. The largest absolute Gasteiger partial charge is 0.492 e. The van der Waals surface area contributed by atoms with Gasteiger partial charge in [-0.15, -0.1) is 0 Å². The first kappa shape index (κ1) is 16.1. The molecule has 0 amide bonds. The maximum atomic E-state index is 5.75. The lowest BCUT2D eigenvalue weighted by Gasteiger charge is -2.11. The molecule has 21 heavy (non-hydrogen) atoms. The third-order valence-electron chi connectivity index (χ3n) is 3.78. The van der Waals surface area contributed by atoms with Gasteiger partial charge in [-0.3, -0.25) is 0 Å². The van der Waals surface area contributed by atoms with E-state index in [1.165, 1.54) is 17.5 Å². The van der Waals surface area contributed by atoms with E-state index < -0.39 is 0 Å². The van der Waals surface area contributed by atoms with Gasteiger partial charge in [-0.1, -0.05) is 26.0 Å². The normalized spacial score (nSPS) is 12.3. The zero-order valence-electron chi connectivity index (χ0n) is 13.0. The lowest BCUT2D eigenvalue weighted by Crippen LogP contribution is -2.23. The van der Waals surface area contributed by atoms with Crippen LogP contribution in [0.25, 0.3) is 0 Å². The number of ether oxygens (including phenoxy) is 1. The summed E-state index contributed by atoms with van der Waals surface area (Å²) >= 11 is 1.76. The van der Waals surface area contributed by atoms with Crippen molar-refractivity contribution in [2.45, 2.75) is 32.6 Å². The lowest BCUT2D eigenvalue weighted by molar-refractivity contribution is 0.314. The molecule has 0 saturated heterocycles. The monoisotopic (exact) mass is 303 g/mol. The maximum absolute atomic E-state index is 5.75. The van der Waals surface area contributed by atoms with E-state index in [1.807, 2.05) is 0 Å². The van der Waals surface area contributed by atoms with Gasteiger partial charge in [-0.05, 0) is 65.4 Å². The summed E-state index contributed by atoms with van der Waals surface area (Å²) in [6.07, 6.45) is 2.27. The predicted octanol–water partition coefficient (Wildman–Crippen LogP) is 4.47. The van der Waals surface area contributed by atoms with E-state index in [-0.39, 0.29) is 0 Å². The molecule has 0 aliphatic heterocycles. The van der Waals surface area contributed by atoms with Crippen molar-refractivity contribution in [1.29, 1.82) is 0 Å². The molecule has 0 aliphatic rings. The predicted molar refractivity (Wildman–Crippen MR) is 91.5 cm³/mol. The van der Waals surface area contributed by atoms with Gasteiger partial charge in [0.1, 0.15) is 12.4 Å². The standard InChI is InChI=1S/C18H25NOS/c1-3-15(2)17-4-6-18(7-5-17)20-12-11-19-10-8-16-9-13-21-14-16/h4-7,9,13-15,19H,3,8,10-12H2,1-2H3. The van der Waals surface area contributed by atoms with E-state index in [1.54, 1.807) is 11.3 Å². The molecule has 1 heterocycles. The molecule has 1 aromatic heterocycles. The van der Waals surface area contributed by atoms with Crippen LogP contribution in [-0.4, -0.2) is 19.7 Å². The number of rotatable bonds is 9. The summed E-state index contributed by atoms with van der Waals surface area (Å²) in [6.45, 7) is 7.08. The molecule has 0 saturated carbocycles. The summed E-state index contributed by atoms with van der Waals surface area (Å²) in [5.74, 6) is 1.58. The molecule has 0 fully saturated rings. The van der Waals surface area contributed by atoms with Crippen molar-refractivity contribution in [1.82, 2.24) is 5.32 Å². The minimum atomic E-state index is 0.623. The zero-order valence-corrected chi connectivity index (χ0v) is 13.8. The average Bonchev–Trinajstić information content (AvgIpc) is 3.04. The Morgan fingerprint density at radius 2 is 1.95 bits per heavy atom. The van der Waals surface area contributed by atoms with E-state index in [0.29, 0.717) is 12.5 Å². The molecule has 1 N–H and O–H groups in total. The third kappa shape index (κ3) is 5.52. The molecule has 3 heteroatoms. The number of hydrogen-bond donors (Lipinski definition) is 1. The molecule has 2 aromatic rings. The molecule has 1 atom stereocenters. The highest BCUT2D eigenvalue weighted by Gasteiger charge is 2.02. The Balaban J connectivity index is 1.60. The summed E-state index contributed by atoms with van der Waals surface area (Å²) in [4.78, 5) is 0. The fraction of sp³-hybridized carbons (Fsp3) is 0.444. The van der Waals surface area contributed by atoms with Gasteiger partial charge in [0.25, 0.3) is 0 Å². The average molecular weight is 303 g/mol. The molecule has 1 unspecified atom stereocenters. The molecule has 1 aromatic carbocycles. The van der Waals surface area contributed by atoms with Gasteiger partial charge in [-0.2, -0.15) is 11.3 Å². The van der Waals surface area contributed by atoms with Crippen molar-refractivity contribution in [3.63, 3.8) is 0 Å². The van der Waals surface area contributed by atoms with Crippen LogP contribution in [0.15, 0.2) is 41.1 Å². The van der Waals surface area contributed by atoms with Crippen LogP contribution in [0.3, 0.4) is 0 Å². The second kappa shape index (κ2) is 8.85. The summed E-state index contributed by atoms with van der Waals surface area (Å²) in [7, 11) is 0. The minimum absolute atomic E-state index is 0.623. The van der Waals surface area contributed by atoms with Crippen molar-refractivity contribution in [2.24, 2.45) is 0 Å². The zero-order chi connectivity index (χ0) is 14.9. The summed E-state index contributed by atoms with van der Waals surface area (Å²) in [5.41, 5.74) is 2.80. The fourth-order valence-electron chi connectivity index (χ4n) is 2.16. The first-order valence-electron chi connectivity index (χ1n) is 7.74. The van der Waals surface area contributed by atoms with Gasteiger partial charge in [0.05, 0.1) is 0 Å². The minimum Gasteiger partial charge on any atom is -0.492 e. The Morgan fingerprint density at radius 3 is 2.62 bits per heavy atom. The van der Waals surface area contributed by atoms with Crippen molar-refractivity contribution in [3.05, 3.63) is 52.2 Å². The van der Waals surface area contributed by atoms with E-state index >= 15 is 0 Å². The molecular formula is C18H25NOS. The summed E-state index contributed by atoms with van der Waals surface area (Å²) in [5, 5.41) is 7.74. The summed E-state index contributed by atoms with van der Waals surface area (Å²) in [6, 6.07) is 10.7. The van der Waals surface area contributed by atoms with Gasteiger partial charge in [0.2, 0.25) is 0 Å². The lowest BCUT2D eigenvalue weighted by atomic mass is 9.99. The number of nitrogens with one attached hydrogen (secondary N) is 1. The topological polar surface area (TPSA) is 21.3 Å². The van der Waals surface area contributed by atoms with Gasteiger partial charge >= 0.3 is 0 Å². The SMILES string of the molecule is CCC(C)c1ccc(OCCNCCc2ccsc2)cc1. The van der Waals surface area contributed by atoms with Crippen LogP contribution in [0.2, 0.25) is 0 Å². The van der Waals surface area contributed by atoms with Gasteiger partial charge in [-0.25, -0.2) is 0 Å². The van der Waals surface area contributed by atoms with E-state index in [0.717, 1.165) is 25.3 Å². The Bertz CT molecular complexity index is 492. The van der Waals surface area contributed by atoms with Gasteiger partial charge < -0.3 is 10.1 Å². The third-order valence-corrected chi connectivity index (χ3v) is 4.51. The van der Waals surface area contributed by atoms with Gasteiger partial charge in [0.15, 0.2) is 0 Å². The Kier molecular flexibility index (Phi) is 6.77. The van der Waals surface area contributed by atoms with Gasteiger partial charge in [0, 0.05) is 6.54 Å². The molecule has 0 aliphatic carbocycles. The summed E-state index contributed by atoms with van der Waals surface area (Å²) < 4.78 is 5.75. The Labute approximate surface area is 132 Å². The highest BCUT2D eigenvalue weighted by Crippen LogP contribution is 2.21. The molecule has 2 rings (SSSR count). The quantitative estimate of drug-likeness (QED) is 0.690. The molecule has 114 valence electrons. The highest BCUT2D eigenvalue weighted by atomic mass is 32.1.